The van der Waals surface area contributed by atoms with Crippen molar-refractivity contribution in [2.45, 2.75) is 25.3 Å². The first-order chi connectivity index (χ1) is 9.60. The lowest BCUT2D eigenvalue weighted by Gasteiger charge is -2.17. The normalized spacial score (nSPS) is 12.6. The van der Waals surface area contributed by atoms with Crippen LogP contribution >= 0.6 is 11.6 Å². The zero-order chi connectivity index (χ0) is 14.5. The van der Waals surface area contributed by atoms with E-state index >= 15 is 0 Å². The fourth-order valence-electron chi connectivity index (χ4n) is 2.24. The highest BCUT2D eigenvalue weighted by Crippen LogP contribution is 2.19. The molecular formula is C15H19ClFN3. The lowest BCUT2D eigenvalue weighted by atomic mass is 10.0. The average molecular weight is 296 g/mol. The number of aryl methyl sites for hydroxylation is 2. The number of nitrogens with one attached hydrogen (secondary N) is 1. The number of imidazole rings is 1. The van der Waals surface area contributed by atoms with Crippen molar-refractivity contribution in [1.29, 1.82) is 0 Å². The maximum Gasteiger partial charge on any atom is 0.124 e. The van der Waals surface area contributed by atoms with E-state index in [1.807, 2.05) is 24.9 Å². The van der Waals surface area contributed by atoms with Crippen LogP contribution in [0.25, 0.3) is 0 Å². The predicted octanol–water partition coefficient (Wildman–Crippen LogP) is 2.98. The summed E-state index contributed by atoms with van der Waals surface area (Å²) in [6.07, 6.45) is 6.38. The van der Waals surface area contributed by atoms with Gasteiger partial charge in [-0.1, -0.05) is 17.7 Å². The summed E-state index contributed by atoms with van der Waals surface area (Å²) in [6, 6.07) is 4.85. The zero-order valence-electron chi connectivity index (χ0n) is 11.7. The van der Waals surface area contributed by atoms with E-state index in [0.29, 0.717) is 5.02 Å². The third-order valence-corrected chi connectivity index (χ3v) is 3.88. The van der Waals surface area contributed by atoms with Crippen LogP contribution in [0.1, 0.15) is 17.8 Å². The van der Waals surface area contributed by atoms with Gasteiger partial charge in [0.25, 0.3) is 0 Å². The highest BCUT2D eigenvalue weighted by molar-refractivity contribution is 6.31. The van der Waals surface area contributed by atoms with E-state index in [1.165, 1.54) is 12.1 Å². The first-order valence-electron chi connectivity index (χ1n) is 6.67. The van der Waals surface area contributed by atoms with Crippen LogP contribution in [0.4, 0.5) is 4.39 Å². The summed E-state index contributed by atoms with van der Waals surface area (Å²) in [7, 11) is 3.92. The van der Waals surface area contributed by atoms with Gasteiger partial charge < -0.3 is 9.88 Å². The Morgan fingerprint density at radius 1 is 1.45 bits per heavy atom. The minimum Gasteiger partial charge on any atom is -0.338 e. The molecule has 3 nitrogen and oxygen atoms in total. The molecule has 1 N–H and O–H groups in total. The van der Waals surface area contributed by atoms with E-state index in [2.05, 4.69) is 10.3 Å². The molecule has 2 aromatic rings. The van der Waals surface area contributed by atoms with Crippen molar-refractivity contribution in [3.05, 3.63) is 52.8 Å². The van der Waals surface area contributed by atoms with Gasteiger partial charge in [0.15, 0.2) is 0 Å². The molecule has 108 valence electrons. The molecule has 1 aromatic carbocycles. The van der Waals surface area contributed by atoms with Crippen molar-refractivity contribution >= 4 is 11.6 Å². The highest BCUT2D eigenvalue weighted by atomic mass is 35.5. The molecule has 0 saturated carbocycles. The number of hydrogen-bond acceptors (Lipinski definition) is 2. The van der Waals surface area contributed by atoms with Gasteiger partial charge in [0.2, 0.25) is 0 Å². The number of benzene rings is 1. The molecule has 0 aliphatic carbocycles. The molecule has 5 heteroatoms. The molecule has 20 heavy (non-hydrogen) atoms. The van der Waals surface area contributed by atoms with Crippen LogP contribution in [0.5, 0.6) is 0 Å². The number of halogens is 2. The van der Waals surface area contributed by atoms with E-state index in [1.54, 1.807) is 12.3 Å². The quantitative estimate of drug-likeness (QED) is 0.888. The van der Waals surface area contributed by atoms with Gasteiger partial charge in [-0.05, 0) is 37.6 Å². The minimum absolute atomic E-state index is 0.287. The largest absolute Gasteiger partial charge is 0.338 e. The molecule has 1 aromatic heterocycles. The summed E-state index contributed by atoms with van der Waals surface area (Å²) in [5.41, 5.74) is 0.965. The summed E-state index contributed by atoms with van der Waals surface area (Å²) >= 11 is 6.07. The lowest BCUT2D eigenvalue weighted by molar-refractivity contribution is 0.509. The molecule has 0 aliphatic rings. The molecule has 0 aliphatic heterocycles. The van der Waals surface area contributed by atoms with Crippen molar-refractivity contribution in [3.63, 3.8) is 0 Å². The molecule has 0 radical (unpaired) electrons. The standard InChI is InChI=1S/C15H19ClFN3/c1-18-13(5-6-15-19-7-8-20(15)2)9-11-3-4-12(17)10-14(11)16/h3-4,7-8,10,13,18H,5-6,9H2,1-2H3. The third-order valence-electron chi connectivity index (χ3n) is 3.53. The Labute approximate surface area is 123 Å². The van der Waals surface area contributed by atoms with Crippen LogP contribution < -0.4 is 5.32 Å². The molecule has 0 saturated heterocycles. The van der Waals surface area contributed by atoms with E-state index in [0.717, 1.165) is 30.7 Å². The number of aromatic nitrogens is 2. The van der Waals surface area contributed by atoms with Crippen molar-refractivity contribution in [2.75, 3.05) is 7.05 Å². The van der Waals surface area contributed by atoms with E-state index in [4.69, 9.17) is 11.6 Å². The monoisotopic (exact) mass is 295 g/mol. The first kappa shape index (κ1) is 15.0. The Bertz CT molecular complexity index is 568. The second kappa shape index (κ2) is 6.86. The number of likely N-dealkylation sites (N-methyl/N-ethyl adjacent to an activating group) is 1. The molecule has 1 atom stereocenters. The van der Waals surface area contributed by atoms with Gasteiger partial charge in [0, 0.05) is 36.9 Å². The molecule has 1 unspecified atom stereocenters. The van der Waals surface area contributed by atoms with Crippen LogP contribution in [-0.2, 0) is 19.9 Å². The summed E-state index contributed by atoms with van der Waals surface area (Å²) in [5, 5.41) is 3.77. The van der Waals surface area contributed by atoms with Crippen molar-refractivity contribution in [2.24, 2.45) is 7.05 Å². The Balaban J connectivity index is 1.97. The van der Waals surface area contributed by atoms with Gasteiger partial charge in [-0.15, -0.1) is 0 Å². The molecular weight excluding hydrogens is 277 g/mol. The molecule has 0 amide bonds. The number of nitrogens with zero attached hydrogens (tertiary/aromatic N) is 2. The fraction of sp³-hybridized carbons (Fsp3) is 0.400. The zero-order valence-corrected chi connectivity index (χ0v) is 12.5. The number of hydrogen-bond donors (Lipinski definition) is 1. The highest BCUT2D eigenvalue weighted by Gasteiger charge is 2.12. The van der Waals surface area contributed by atoms with E-state index < -0.39 is 0 Å². The van der Waals surface area contributed by atoms with Gasteiger partial charge in [0.1, 0.15) is 11.6 Å². The Morgan fingerprint density at radius 3 is 2.85 bits per heavy atom. The van der Waals surface area contributed by atoms with Crippen molar-refractivity contribution in [1.82, 2.24) is 14.9 Å². The maximum absolute atomic E-state index is 13.0. The van der Waals surface area contributed by atoms with E-state index in [-0.39, 0.29) is 11.9 Å². The topological polar surface area (TPSA) is 29.9 Å². The summed E-state index contributed by atoms with van der Waals surface area (Å²) in [4.78, 5) is 4.32. The van der Waals surface area contributed by atoms with Gasteiger partial charge >= 0.3 is 0 Å². The molecule has 1 heterocycles. The molecule has 0 bridgehead atoms. The fourth-order valence-corrected chi connectivity index (χ4v) is 2.49. The van der Waals surface area contributed by atoms with Crippen LogP contribution in [-0.4, -0.2) is 22.6 Å². The predicted molar refractivity (Wildman–Crippen MR) is 79.5 cm³/mol. The Kier molecular flexibility index (Phi) is 5.15. The van der Waals surface area contributed by atoms with Crippen molar-refractivity contribution in [3.8, 4) is 0 Å². The molecule has 2 rings (SSSR count). The van der Waals surface area contributed by atoms with Gasteiger partial charge in [-0.3, -0.25) is 0 Å². The lowest BCUT2D eigenvalue weighted by Crippen LogP contribution is -2.28. The van der Waals surface area contributed by atoms with Crippen LogP contribution in [0.3, 0.4) is 0 Å². The first-order valence-corrected chi connectivity index (χ1v) is 7.05. The van der Waals surface area contributed by atoms with Crippen LogP contribution in [0, 0.1) is 5.82 Å². The smallest absolute Gasteiger partial charge is 0.124 e. The Hall–Kier alpha value is -1.39. The summed E-state index contributed by atoms with van der Waals surface area (Å²) in [5.74, 6) is 0.767. The average Bonchev–Trinajstić information content (AvgIpc) is 2.82. The third kappa shape index (κ3) is 3.81. The minimum atomic E-state index is -0.298. The van der Waals surface area contributed by atoms with Crippen molar-refractivity contribution < 1.29 is 4.39 Å². The van der Waals surface area contributed by atoms with Crippen LogP contribution in [0.15, 0.2) is 30.6 Å². The van der Waals surface area contributed by atoms with E-state index in [9.17, 15) is 4.39 Å². The molecule has 0 spiro atoms. The molecule has 0 fully saturated rings. The summed E-state index contributed by atoms with van der Waals surface area (Å²) < 4.78 is 15.1. The number of rotatable bonds is 6. The van der Waals surface area contributed by atoms with Gasteiger partial charge in [0.05, 0.1) is 0 Å². The Morgan fingerprint density at radius 2 is 2.25 bits per heavy atom. The van der Waals surface area contributed by atoms with Gasteiger partial charge in [-0.25, -0.2) is 9.37 Å². The van der Waals surface area contributed by atoms with Gasteiger partial charge in [-0.2, -0.15) is 0 Å². The SMILES string of the molecule is CNC(CCc1nccn1C)Cc1ccc(F)cc1Cl. The maximum atomic E-state index is 13.0. The summed E-state index contributed by atoms with van der Waals surface area (Å²) in [6.45, 7) is 0. The second-order valence-electron chi connectivity index (χ2n) is 4.92. The second-order valence-corrected chi connectivity index (χ2v) is 5.33. The van der Waals surface area contributed by atoms with Crippen LogP contribution in [0.2, 0.25) is 5.02 Å².